The van der Waals surface area contributed by atoms with E-state index in [4.69, 9.17) is 18.9 Å². The molecule has 0 aliphatic heterocycles. The van der Waals surface area contributed by atoms with E-state index in [1.807, 2.05) is 115 Å². The predicted molar refractivity (Wildman–Crippen MR) is 184 cm³/mol. The van der Waals surface area contributed by atoms with Crippen LogP contribution in [-0.2, 0) is 9.59 Å². The maximum Gasteiger partial charge on any atom is 0.349 e. The van der Waals surface area contributed by atoms with E-state index in [0.29, 0.717) is 23.0 Å². The first-order valence-electron chi connectivity index (χ1n) is 14.3. The quantitative estimate of drug-likeness (QED) is 0.0682. The summed E-state index contributed by atoms with van der Waals surface area (Å²) in [5, 5.41) is 6.65. The lowest BCUT2D eigenvalue weighted by molar-refractivity contribution is -0.137. The molecule has 6 nitrogen and oxygen atoms in total. The van der Waals surface area contributed by atoms with Crippen molar-refractivity contribution in [1.29, 1.82) is 0 Å². The number of hydrogen-bond acceptors (Lipinski definition) is 6. The third-order valence-corrected chi connectivity index (χ3v) is 8.42. The Balaban J connectivity index is 1.17. The molecule has 0 saturated heterocycles. The molecule has 220 valence electrons. The molecule has 7 rings (SSSR count). The van der Waals surface area contributed by atoms with Crippen LogP contribution in [0.4, 0.5) is 0 Å². The van der Waals surface area contributed by atoms with E-state index in [-0.39, 0.29) is 13.2 Å². The molecule has 0 unspecified atom stereocenters. The van der Waals surface area contributed by atoms with Crippen molar-refractivity contribution in [2.24, 2.45) is 0 Å². The molecule has 0 bridgehead atoms. The number of esters is 2. The first-order chi connectivity index (χ1) is 22.1. The molecule has 0 aliphatic carbocycles. The SMILES string of the molecule is O=C(COc1c2ccccc2c(OCC(=O)Oc2cccc3ccccc23)c2c(I)cccc12)Oc1cccc2ccccc12. The van der Waals surface area contributed by atoms with Gasteiger partial charge in [-0.3, -0.25) is 0 Å². The number of carbonyl (C=O) groups excluding carboxylic acids is 2. The minimum atomic E-state index is -0.522. The Morgan fingerprint density at radius 2 is 0.889 bits per heavy atom. The monoisotopic (exact) mass is 704 g/mol. The van der Waals surface area contributed by atoms with Gasteiger partial charge in [-0.15, -0.1) is 0 Å². The van der Waals surface area contributed by atoms with Crippen molar-refractivity contribution in [1.82, 2.24) is 0 Å². The van der Waals surface area contributed by atoms with Gasteiger partial charge in [0.2, 0.25) is 0 Å². The Morgan fingerprint density at radius 1 is 0.467 bits per heavy atom. The van der Waals surface area contributed by atoms with E-state index in [1.54, 1.807) is 12.1 Å². The second-order valence-corrected chi connectivity index (χ2v) is 11.5. The number of hydrogen-bond donors (Lipinski definition) is 0. The van der Waals surface area contributed by atoms with Crippen LogP contribution in [0.3, 0.4) is 0 Å². The zero-order valence-corrected chi connectivity index (χ0v) is 26.0. The van der Waals surface area contributed by atoms with Crippen LogP contribution in [0, 0.1) is 3.57 Å². The highest BCUT2D eigenvalue weighted by Gasteiger charge is 2.21. The molecule has 7 heteroatoms. The summed E-state index contributed by atoms with van der Waals surface area (Å²) in [6.45, 7) is -0.601. The van der Waals surface area contributed by atoms with Crippen LogP contribution < -0.4 is 18.9 Å². The Kier molecular flexibility index (Phi) is 7.92. The molecular formula is C38H25IO6. The van der Waals surface area contributed by atoms with Crippen molar-refractivity contribution in [3.8, 4) is 23.0 Å². The molecule has 0 saturated carbocycles. The molecule has 0 spiro atoms. The van der Waals surface area contributed by atoms with Gasteiger partial charge < -0.3 is 18.9 Å². The summed E-state index contributed by atoms with van der Waals surface area (Å²) in [4.78, 5) is 26.1. The van der Waals surface area contributed by atoms with Crippen LogP contribution in [0.15, 0.2) is 127 Å². The van der Waals surface area contributed by atoms with Gasteiger partial charge in [-0.2, -0.15) is 0 Å². The summed E-state index contributed by atoms with van der Waals surface area (Å²) in [5.41, 5.74) is 0. The van der Waals surface area contributed by atoms with Gasteiger partial charge in [0, 0.05) is 35.9 Å². The summed E-state index contributed by atoms with van der Waals surface area (Å²) in [5.74, 6) is 0.970. The summed E-state index contributed by atoms with van der Waals surface area (Å²) in [6.07, 6.45) is 0. The number of ether oxygens (including phenoxy) is 4. The summed E-state index contributed by atoms with van der Waals surface area (Å²) < 4.78 is 24.8. The Bertz CT molecular complexity index is 2230. The third-order valence-electron chi connectivity index (χ3n) is 7.52. The molecule has 0 radical (unpaired) electrons. The fourth-order valence-electron chi connectivity index (χ4n) is 5.54. The summed E-state index contributed by atoms with van der Waals surface area (Å²) in [7, 11) is 0. The number of rotatable bonds is 8. The fourth-order valence-corrected chi connectivity index (χ4v) is 6.29. The lowest BCUT2D eigenvalue weighted by Crippen LogP contribution is -2.19. The lowest BCUT2D eigenvalue weighted by Gasteiger charge is -2.18. The van der Waals surface area contributed by atoms with Crippen molar-refractivity contribution < 1.29 is 28.5 Å². The van der Waals surface area contributed by atoms with E-state index >= 15 is 0 Å². The van der Waals surface area contributed by atoms with Gasteiger partial charge in [0.1, 0.15) is 23.0 Å². The topological polar surface area (TPSA) is 71.1 Å². The van der Waals surface area contributed by atoms with Gasteiger partial charge in [0.15, 0.2) is 13.2 Å². The van der Waals surface area contributed by atoms with Gasteiger partial charge in [0.25, 0.3) is 0 Å². The van der Waals surface area contributed by atoms with E-state index in [2.05, 4.69) is 22.6 Å². The van der Waals surface area contributed by atoms with Gasteiger partial charge in [-0.25, -0.2) is 9.59 Å². The maximum absolute atomic E-state index is 13.0. The van der Waals surface area contributed by atoms with Crippen LogP contribution in [0.2, 0.25) is 0 Å². The number of carbonyl (C=O) groups is 2. The predicted octanol–water partition coefficient (Wildman–Crippen LogP) is 8.87. The second-order valence-electron chi connectivity index (χ2n) is 10.3. The Morgan fingerprint density at radius 3 is 1.47 bits per heavy atom. The molecule has 0 N–H and O–H groups in total. The second kappa shape index (κ2) is 12.5. The summed E-state index contributed by atoms with van der Waals surface area (Å²) in [6, 6.07) is 40.0. The van der Waals surface area contributed by atoms with Gasteiger partial charge >= 0.3 is 11.9 Å². The van der Waals surface area contributed by atoms with Gasteiger partial charge in [0.05, 0.1) is 0 Å². The van der Waals surface area contributed by atoms with Gasteiger partial charge in [-0.05, 0) is 51.6 Å². The maximum atomic E-state index is 13.0. The standard InChI is InChI=1S/C38H25IO6/c39-31-19-9-18-30-36(31)38(43-23-35(41)45-33-21-8-13-25-11-2-4-15-27(25)33)29-17-6-5-16-28(29)37(30)42-22-34(40)44-32-20-7-12-24-10-1-3-14-26(24)32/h1-21H,22-23H2. The minimum absolute atomic E-state index is 0.300. The molecule has 0 amide bonds. The fraction of sp³-hybridized carbons (Fsp3) is 0.0526. The first kappa shape index (κ1) is 28.6. The Labute approximate surface area is 272 Å². The number of benzene rings is 7. The smallest absolute Gasteiger partial charge is 0.349 e. The van der Waals surface area contributed by atoms with E-state index in [0.717, 1.165) is 46.7 Å². The zero-order valence-electron chi connectivity index (χ0n) is 23.9. The average molecular weight is 705 g/mol. The average Bonchev–Trinajstić information content (AvgIpc) is 3.07. The van der Waals surface area contributed by atoms with Gasteiger partial charge in [-0.1, -0.05) is 109 Å². The molecular weight excluding hydrogens is 679 g/mol. The van der Waals surface area contributed by atoms with Crippen molar-refractivity contribution in [2.45, 2.75) is 0 Å². The largest absolute Gasteiger partial charge is 0.481 e. The molecule has 0 fully saturated rings. The van der Waals surface area contributed by atoms with Crippen LogP contribution >= 0.6 is 22.6 Å². The highest BCUT2D eigenvalue weighted by atomic mass is 127. The van der Waals surface area contributed by atoms with E-state index in [9.17, 15) is 9.59 Å². The third kappa shape index (κ3) is 5.74. The normalized spacial score (nSPS) is 11.1. The Hall–Kier alpha value is -5.15. The highest BCUT2D eigenvalue weighted by Crippen LogP contribution is 2.44. The molecule has 45 heavy (non-hydrogen) atoms. The van der Waals surface area contributed by atoms with Crippen LogP contribution in [0.1, 0.15) is 0 Å². The molecule has 0 aliphatic rings. The molecule has 0 aromatic heterocycles. The van der Waals surface area contributed by atoms with Crippen LogP contribution in [-0.4, -0.2) is 25.2 Å². The van der Waals surface area contributed by atoms with Crippen molar-refractivity contribution >= 4 is 77.6 Å². The minimum Gasteiger partial charge on any atom is -0.481 e. The van der Waals surface area contributed by atoms with Crippen molar-refractivity contribution in [3.63, 3.8) is 0 Å². The van der Waals surface area contributed by atoms with E-state index in [1.165, 1.54) is 0 Å². The molecule has 0 heterocycles. The number of halogens is 1. The number of fused-ring (bicyclic) bond motifs is 4. The van der Waals surface area contributed by atoms with Crippen molar-refractivity contribution in [3.05, 3.63) is 131 Å². The zero-order chi connectivity index (χ0) is 30.8. The van der Waals surface area contributed by atoms with E-state index < -0.39 is 11.9 Å². The molecule has 0 atom stereocenters. The highest BCUT2D eigenvalue weighted by molar-refractivity contribution is 14.1. The van der Waals surface area contributed by atoms with Crippen LogP contribution in [0.5, 0.6) is 23.0 Å². The van der Waals surface area contributed by atoms with Crippen molar-refractivity contribution in [2.75, 3.05) is 13.2 Å². The first-order valence-corrected chi connectivity index (χ1v) is 15.4. The molecule has 7 aromatic rings. The summed E-state index contributed by atoms with van der Waals surface area (Å²) >= 11 is 2.24. The lowest BCUT2D eigenvalue weighted by atomic mass is 10.0. The van der Waals surface area contributed by atoms with Crippen LogP contribution in [0.25, 0.3) is 43.1 Å². The molecule has 7 aromatic carbocycles.